The number of benzene rings is 1. The third kappa shape index (κ3) is 3.76. The number of rotatable bonds is 4. The van der Waals surface area contributed by atoms with Crippen molar-refractivity contribution in [3.63, 3.8) is 0 Å². The van der Waals surface area contributed by atoms with Gasteiger partial charge in [0.15, 0.2) is 0 Å². The van der Waals surface area contributed by atoms with E-state index >= 15 is 0 Å². The SMILES string of the molecule is C=C=C(C)/C=C\C(=C/CC)c1ccccc1. The summed E-state index contributed by atoms with van der Waals surface area (Å²) in [6, 6.07) is 10.4. The number of hydrogen-bond acceptors (Lipinski definition) is 0. The van der Waals surface area contributed by atoms with E-state index in [0.29, 0.717) is 0 Å². The lowest BCUT2D eigenvalue weighted by molar-refractivity contribution is 1.23. The Morgan fingerprint density at radius 2 is 1.94 bits per heavy atom. The van der Waals surface area contributed by atoms with Crippen LogP contribution in [0, 0.1) is 0 Å². The lowest BCUT2D eigenvalue weighted by Gasteiger charge is -2.01. The van der Waals surface area contributed by atoms with Crippen molar-refractivity contribution >= 4 is 5.57 Å². The van der Waals surface area contributed by atoms with Crippen LogP contribution in [0.15, 0.2) is 66.4 Å². The number of allylic oxidation sites excluding steroid dienone is 5. The van der Waals surface area contributed by atoms with Gasteiger partial charge in [-0.1, -0.05) is 62.1 Å². The van der Waals surface area contributed by atoms with Crippen molar-refractivity contribution in [2.24, 2.45) is 0 Å². The summed E-state index contributed by atoms with van der Waals surface area (Å²) in [5.74, 6) is 0. The lowest BCUT2D eigenvalue weighted by atomic mass is 10.0. The Morgan fingerprint density at radius 3 is 2.50 bits per heavy atom. The summed E-state index contributed by atoms with van der Waals surface area (Å²) in [6.07, 6.45) is 7.42. The topological polar surface area (TPSA) is 0 Å². The first-order valence-corrected chi connectivity index (χ1v) is 5.58. The van der Waals surface area contributed by atoms with Crippen molar-refractivity contribution in [3.8, 4) is 0 Å². The quantitative estimate of drug-likeness (QED) is 0.496. The minimum Gasteiger partial charge on any atom is -0.125 e. The van der Waals surface area contributed by atoms with Gasteiger partial charge >= 0.3 is 0 Å². The summed E-state index contributed by atoms with van der Waals surface area (Å²) < 4.78 is 0. The molecule has 0 nitrogen and oxygen atoms in total. The lowest BCUT2D eigenvalue weighted by Crippen LogP contribution is -1.80. The highest BCUT2D eigenvalue weighted by molar-refractivity contribution is 5.74. The molecular formula is C16H18. The summed E-state index contributed by atoms with van der Waals surface area (Å²) in [4.78, 5) is 0. The molecule has 0 spiro atoms. The molecule has 1 rings (SSSR count). The Bertz CT molecular complexity index is 426. The zero-order valence-corrected chi connectivity index (χ0v) is 10.0. The fourth-order valence-corrected chi connectivity index (χ4v) is 1.41. The molecule has 0 bridgehead atoms. The molecule has 0 aliphatic rings. The highest BCUT2D eigenvalue weighted by atomic mass is 14.0. The fourth-order valence-electron chi connectivity index (χ4n) is 1.41. The van der Waals surface area contributed by atoms with Gasteiger partial charge in [0, 0.05) is 0 Å². The van der Waals surface area contributed by atoms with Crippen LogP contribution >= 0.6 is 0 Å². The molecule has 1 aromatic carbocycles. The van der Waals surface area contributed by atoms with Crippen molar-refractivity contribution < 1.29 is 0 Å². The van der Waals surface area contributed by atoms with Crippen molar-refractivity contribution in [1.29, 1.82) is 0 Å². The minimum absolute atomic E-state index is 1.03. The zero-order chi connectivity index (χ0) is 11.8. The monoisotopic (exact) mass is 210 g/mol. The van der Waals surface area contributed by atoms with Crippen LogP contribution in [0.25, 0.3) is 5.57 Å². The average Bonchev–Trinajstić information content (AvgIpc) is 2.35. The fraction of sp³-hybridized carbons (Fsp3) is 0.188. The molecular weight excluding hydrogens is 192 g/mol. The third-order valence-corrected chi connectivity index (χ3v) is 2.32. The van der Waals surface area contributed by atoms with E-state index < -0.39 is 0 Å². The zero-order valence-electron chi connectivity index (χ0n) is 10.0. The molecule has 0 aliphatic carbocycles. The van der Waals surface area contributed by atoms with Gasteiger partial charge in [-0.25, -0.2) is 0 Å². The molecule has 82 valence electrons. The third-order valence-electron chi connectivity index (χ3n) is 2.32. The Balaban J connectivity index is 2.98. The molecule has 16 heavy (non-hydrogen) atoms. The van der Waals surface area contributed by atoms with Crippen molar-refractivity contribution in [1.82, 2.24) is 0 Å². The highest BCUT2D eigenvalue weighted by Crippen LogP contribution is 2.16. The molecule has 0 aromatic heterocycles. The first-order chi connectivity index (χ1) is 7.77. The molecule has 0 fully saturated rings. The van der Waals surface area contributed by atoms with Crippen molar-refractivity contribution in [2.45, 2.75) is 20.3 Å². The van der Waals surface area contributed by atoms with Gasteiger partial charge < -0.3 is 0 Å². The van der Waals surface area contributed by atoms with Crippen LogP contribution in [0.4, 0.5) is 0 Å². The summed E-state index contributed by atoms with van der Waals surface area (Å²) in [6.45, 7) is 7.77. The predicted molar refractivity (Wildman–Crippen MR) is 72.2 cm³/mol. The van der Waals surface area contributed by atoms with Crippen molar-refractivity contribution in [3.05, 3.63) is 72.0 Å². The largest absolute Gasteiger partial charge is 0.125 e. The molecule has 0 heterocycles. The normalized spacial score (nSPS) is 11.5. The molecule has 0 heteroatoms. The van der Waals surface area contributed by atoms with E-state index in [2.05, 4.69) is 55.7 Å². The Labute approximate surface area is 98.3 Å². The van der Waals surface area contributed by atoms with Gasteiger partial charge in [-0.05, 0) is 30.1 Å². The summed E-state index contributed by atoms with van der Waals surface area (Å²) in [5, 5.41) is 0. The van der Waals surface area contributed by atoms with Crippen LogP contribution in [-0.4, -0.2) is 0 Å². The molecule has 0 unspecified atom stereocenters. The van der Waals surface area contributed by atoms with Crippen LogP contribution in [0.2, 0.25) is 0 Å². The average molecular weight is 210 g/mol. The van der Waals surface area contributed by atoms with Crippen LogP contribution in [0.3, 0.4) is 0 Å². The molecule has 1 aromatic rings. The maximum atomic E-state index is 3.62. The first kappa shape index (κ1) is 12.3. The van der Waals surface area contributed by atoms with E-state index in [-0.39, 0.29) is 0 Å². The molecule has 0 atom stereocenters. The molecule has 0 saturated carbocycles. The van der Waals surface area contributed by atoms with Crippen LogP contribution in [0.5, 0.6) is 0 Å². The van der Waals surface area contributed by atoms with Gasteiger partial charge in [0.05, 0.1) is 0 Å². The van der Waals surface area contributed by atoms with E-state index in [1.807, 2.05) is 19.1 Å². The van der Waals surface area contributed by atoms with Gasteiger partial charge in [-0.15, -0.1) is 5.73 Å². The van der Waals surface area contributed by atoms with E-state index in [0.717, 1.165) is 12.0 Å². The second-order valence-corrected chi connectivity index (χ2v) is 3.63. The Hall–Kier alpha value is -1.78. The van der Waals surface area contributed by atoms with Gasteiger partial charge in [0.1, 0.15) is 0 Å². The Morgan fingerprint density at radius 1 is 1.25 bits per heavy atom. The van der Waals surface area contributed by atoms with E-state index in [4.69, 9.17) is 0 Å². The second kappa shape index (κ2) is 6.66. The van der Waals surface area contributed by atoms with E-state index in [1.54, 1.807) is 0 Å². The Kier molecular flexibility index (Phi) is 5.11. The molecule has 0 N–H and O–H groups in total. The summed E-state index contributed by atoms with van der Waals surface area (Å²) in [5.41, 5.74) is 6.42. The van der Waals surface area contributed by atoms with Crippen LogP contribution in [0.1, 0.15) is 25.8 Å². The smallest absolute Gasteiger partial charge is 0.00974 e. The van der Waals surface area contributed by atoms with Gasteiger partial charge in [-0.2, -0.15) is 0 Å². The highest BCUT2D eigenvalue weighted by Gasteiger charge is 1.95. The van der Waals surface area contributed by atoms with Gasteiger partial charge in [-0.3, -0.25) is 0 Å². The van der Waals surface area contributed by atoms with Gasteiger partial charge in [0.25, 0.3) is 0 Å². The van der Waals surface area contributed by atoms with E-state index in [1.165, 1.54) is 11.1 Å². The second-order valence-electron chi connectivity index (χ2n) is 3.63. The number of hydrogen-bond donors (Lipinski definition) is 0. The summed E-state index contributed by atoms with van der Waals surface area (Å²) in [7, 11) is 0. The van der Waals surface area contributed by atoms with Crippen LogP contribution < -0.4 is 0 Å². The van der Waals surface area contributed by atoms with Crippen molar-refractivity contribution in [2.75, 3.05) is 0 Å². The van der Waals surface area contributed by atoms with Gasteiger partial charge in [0.2, 0.25) is 0 Å². The maximum Gasteiger partial charge on any atom is -0.00974 e. The summed E-state index contributed by atoms with van der Waals surface area (Å²) >= 11 is 0. The molecule has 0 radical (unpaired) electrons. The minimum atomic E-state index is 1.03. The van der Waals surface area contributed by atoms with Crippen LogP contribution in [-0.2, 0) is 0 Å². The molecule has 0 amide bonds. The van der Waals surface area contributed by atoms with E-state index in [9.17, 15) is 0 Å². The first-order valence-electron chi connectivity index (χ1n) is 5.58. The standard InChI is InChI=1S/C16H18/c1-4-9-15(13-12-14(3)5-2)16-10-7-6-8-11-16/h6-13H,2,4H2,1,3H3/b13-12-,15-9+. The molecule has 0 aliphatic heterocycles. The maximum absolute atomic E-state index is 3.62. The predicted octanol–water partition coefficient (Wildman–Crippen LogP) is 4.77. The molecule has 0 saturated heterocycles.